The Morgan fingerprint density at radius 1 is 1.80 bits per heavy atom. The van der Waals surface area contributed by atoms with E-state index >= 15 is 0 Å². The summed E-state index contributed by atoms with van der Waals surface area (Å²) in [5.41, 5.74) is -0.272. The van der Waals surface area contributed by atoms with Gasteiger partial charge < -0.3 is 9.47 Å². The Labute approximate surface area is 91.4 Å². The lowest BCUT2D eigenvalue weighted by Gasteiger charge is -2.23. The van der Waals surface area contributed by atoms with E-state index in [0.29, 0.717) is 6.61 Å². The van der Waals surface area contributed by atoms with Crippen LogP contribution in [0.4, 0.5) is 0 Å². The van der Waals surface area contributed by atoms with Crippen LogP contribution in [0.25, 0.3) is 0 Å². The molecule has 0 aromatic rings. The van der Waals surface area contributed by atoms with Crippen molar-refractivity contribution in [2.75, 3.05) is 6.61 Å². The van der Waals surface area contributed by atoms with Crippen molar-refractivity contribution in [3.63, 3.8) is 0 Å². The van der Waals surface area contributed by atoms with Crippen molar-refractivity contribution in [1.82, 2.24) is 0 Å². The lowest BCUT2D eigenvalue weighted by Crippen LogP contribution is -2.30. The minimum absolute atomic E-state index is 0.0351. The second-order valence-electron chi connectivity index (χ2n) is 4.25. The summed E-state index contributed by atoms with van der Waals surface area (Å²) < 4.78 is 10.8. The van der Waals surface area contributed by atoms with Crippen LogP contribution in [0.15, 0.2) is 12.7 Å². The minimum Gasteiger partial charge on any atom is -0.466 e. The molecule has 3 atom stereocenters. The first-order valence-electron chi connectivity index (χ1n) is 5.50. The van der Waals surface area contributed by atoms with Crippen LogP contribution in [0.1, 0.15) is 33.6 Å². The number of hydrogen-bond acceptors (Lipinski definition) is 3. The molecule has 1 aliphatic rings. The van der Waals surface area contributed by atoms with Gasteiger partial charge in [0, 0.05) is 0 Å². The predicted octanol–water partition coefficient (Wildman–Crippen LogP) is 2.31. The van der Waals surface area contributed by atoms with Crippen LogP contribution < -0.4 is 0 Å². The Morgan fingerprint density at radius 2 is 2.47 bits per heavy atom. The van der Waals surface area contributed by atoms with E-state index in [1.54, 1.807) is 0 Å². The molecule has 1 rings (SSSR count). The molecule has 0 spiro atoms. The zero-order valence-corrected chi connectivity index (χ0v) is 9.79. The van der Waals surface area contributed by atoms with Gasteiger partial charge in [-0.1, -0.05) is 6.08 Å². The van der Waals surface area contributed by atoms with E-state index in [1.807, 2.05) is 26.8 Å². The third-order valence-electron chi connectivity index (χ3n) is 2.99. The summed E-state index contributed by atoms with van der Waals surface area (Å²) >= 11 is 0. The third kappa shape index (κ3) is 2.81. The first-order valence-corrected chi connectivity index (χ1v) is 5.50. The average molecular weight is 212 g/mol. The van der Waals surface area contributed by atoms with E-state index in [-0.39, 0.29) is 23.6 Å². The fourth-order valence-electron chi connectivity index (χ4n) is 1.82. The summed E-state index contributed by atoms with van der Waals surface area (Å²) in [4.78, 5) is 11.5. The number of esters is 1. The molecule has 0 aromatic carbocycles. The summed E-state index contributed by atoms with van der Waals surface area (Å²) in [6, 6.07) is 0. The SMILES string of the molecule is C=C[C@]1(C)CC[C@@H]([C@H](C)C(=O)OCC)O1. The summed E-state index contributed by atoms with van der Waals surface area (Å²) in [5.74, 6) is -0.359. The zero-order chi connectivity index (χ0) is 11.5. The van der Waals surface area contributed by atoms with Crippen molar-refractivity contribution >= 4 is 5.97 Å². The highest BCUT2D eigenvalue weighted by molar-refractivity contribution is 5.72. The zero-order valence-electron chi connectivity index (χ0n) is 9.79. The van der Waals surface area contributed by atoms with Gasteiger partial charge in [-0.3, -0.25) is 4.79 Å². The highest BCUT2D eigenvalue weighted by Crippen LogP contribution is 2.34. The number of carbonyl (C=O) groups excluding carboxylic acids is 1. The second-order valence-corrected chi connectivity index (χ2v) is 4.25. The smallest absolute Gasteiger partial charge is 0.311 e. The fourth-order valence-corrected chi connectivity index (χ4v) is 1.82. The Kier molecular flexibility index (Phi) is 3.91. The first kappa shape index (κ1) is 12.2. The molecule has 3 heteroatoms. The van der Waals surface area contributed by atoms with E-state index in [2.05, 4.69) is 6.58 Å². The predicted molar refractivity (Wildman–Crippen MR) is 58.5 cm³/mol. The summed E-state index contributed by atoms with van der Waals surface area (Å²) in [6.45, 7) is 9.84. The maximum absolute atomic E-state index is 11.5. The van der Waals surface area contributed by atoms with Crippen LogP contribution in [-0.4, -0.2) is 24.3 Å². The molecule has 0 saturated carbocycles. The van der Waals surface area contributed by atoms with E-state index in [9.17, 15) is 4.79 Å². The monoisotopic (exact) mass is 212 g/mol. The van der Waals surface area contributed by atoms with Crippen molar-refractivity contribution < 1.29 is 14.3 Å². The van der Waals surface area contributed by atoms with Gasteiger partial charge in [-0.2, -0.15) is 0 Å². The molecule has 0 amide bonds. The molecule has 1 heterocycles. The van der Waals surface area contributed by atoms with Gasteiger partial charge in [0.15, 0.2) is 0 Å². The van der Waals surface area contributed by atoms with E-state index < -0.39 is 0 Å². The molecule has 1 fully saturated rings. The molecule has 0 bridgehead atoms. The number of carbonyl (C=O) groups is 1. The van der Waals surface area contributed by atoms with Crippen molar-refractivity contribution in [2.24, 2.45) is 5.92 Å². The maximum atomic E-state index is 11.5. The van der Waals surface area contributed by atoms with Gasteiger partial charge in [0.05, 0.1) is 24.2 Å². The van der Waals surface area contributed by atoms with Crippen LogP contribution in [0.2, 0.25) is 0 Å². The Bertz CT molecular complexity index is 249. The molecule has 86 valence electrons. The lowest BCUT2D eigenvalue weighted by atomic mass is 9.99. The molecule has 0 aliphatic carbocycles. The molecule has 3 nitrogen and oxygen atoms in total. The molecule has 1 saturated heterocycles. The van der Waals surface area contributed by atoms with Gasteiger partial charge >= 0.3 is 5.97 Å². The van der Waals surface area contributed by atoms with Gasteiger partial charge in [-0.25, -0.2) is 0 Å². The highest BCUT2D eigenvalue weighted by Gasteiger charge is 2.38. The van der Waals surface area contributed by atoms with Crippen LogP contribution in [0, 0.1) is 5.92 Å². The van der Waals surface area contributed by atoms with Crippen molar-refractivity contribution in [3.8, 4) is 0 Å². The number of hydrogen-bond donors (Lipinski definition) is 0. The summed E-state index contributed by atoms with van der Waals surface area (Å²) in [5, 5.41) is 0. The van der Waals surface area contributed by atoms with Crippen LogP contribution >= 0.6 is 0 Å². The lowest BCUT2D eigenvalue weighted by molar-refractivity contribution is -0.153. The van der Waals surface area contributed by atoms with Gasteiger partial charge in [0.1, 0.15) is 0 Å². The standard InChI is InChI=1S/C12H20O3/c1-5-12(4)8-7-10(15-12)9(3)11(13)14-6-2/h5,9-10H,1,6-8H2,2-4H3/t9-,10-,12+/m0/s1. The largest absolute Gasteiger partial charge is 0.466 e. The molecule has 0 radical (unpaired) electrons. The first-order chi connectivity index (χ1) is 7.02. The third-order valence-corrected chi connectivity index (χ3v) is 2.99. The van der Waals surface area contributed by atoms with E-state index in [1.165, 1.54) is 0 Å². The van der Waals surface area contributed by atoms with E-state index in [0.717, 1.165) is 12.8 Å². The normalized spacial score (nSPS) is 32.3. The van der Waals surface area contributed by atoms with Crippen LogP contribution in [0.3, 0.4) is 0 Å². The van der Waals surface area contributed by atoms with Crippen LogP contribution in [0.5, 0.6) is 0 Å². The minimum atomic E-state index is -0.272. The average Bonchev–Trinajstić information content (AvgIpc) is 2.61. The van der Waals surface area contributed by atoms with Crippen LogP contribution in [-0.2, 0) is 14.3 Å². The Hall–Kier alpha value is -0.830. The molecule has 0 N–H and O–H groups in total. The van der Waals surface area contributed by atoms with Gasteiger partial charge in [-0.15, -0.1) is 6.58 Å². The van der Waals surface area contributed by atoms with Gasteiger partial charge in [0.25, 0.3) is 0 Å². The molecular formula is C12H20O3. The summed E-state index contributed by atoms with van der Waals surface area (Å²) in [6.07, 6.45) is 3.59. The second kappa shape index (κ2) is 4.79. The van der Waals surface area contributed by atoms with Gasteiger partial charge in [-0.05, 0) is 33.6 Å². The Balaban J connectivity index is 2.53. The molecule has 1 aliphatic heterocycles. The molecule has 15 heavy (non-hydrogen) atoms. The van der Waals surface area contributed by atoms with Gasteiger partial charge in [0.2, 0.25) is 0 Å². The molecule has 0 aromatic heterocycles. The van der Waals surface area contributed by atoms with Crippen molar-refractivity contribution in [3.05, 3.63) is 12.7 Å². The van der Waals surface area contributed by atoms with E-state index in [4.69, 9.17) is 9.47 Å². The molecule has 0 unspecified atom stereocenters. The Morgan fingerprint density at radius 3 is 2.93 bits per heavy atom. The number of ether oxygens (including phenoxy) is 2. The fraction of sp³-hybridized carbons (Fsp3) is 0.750. The maximum Gasteiger partial charge on any atom is 0.311 e. The highest BCUT2D eigenvalue weighted by atomic mass is 16.5. The topological polar surface area (TPSA) is 35.5 Å². The summed E-state index contributed by atoms with van der Waals surface area (Å²) in [7, 11) is 0. The number of rotatable bonds is 4. The molecular weight excluding hydrogens is 192 g/mol. The van der Waals surface area contributed by atoms with Crippen molar-refractivity contribution in [2.45, 2.75) is 45.3 Å². The van der Waals surface area contributed by atoms with Crippen molar-refractivity contribution in [1.29, 1.82) is 0 Å². The quantitative estimate of drug-likeness (QED) is 0.530.